The van der Waals surface area contributed by atoms with E-state index in [1.54, 1.807) is 12.1 Å². The lowest BCUT2D eigenvalue weighted by Crippen LogP contribution is -2.36. The number of benzene rings is 1. The molecule has 0 aliphatic carbocycles. The van der Waals surface area contributed by atoms with E-state index in [0.717, 1.165) is 0 Å². The van der Waals surface area contributed by atoms with Gasteiger partial charge in [-0.05, 0) is 25.3 Å². The van der Waals surface area contributed by atoms with Crippen LogP contribution in [0, 0.1) is 0 Å². The van der Waals surface area contributed by atoms with Crippen LogP contribution in [0.15, 0.2) is 30.3 Å². The summed E-state index contributed by atoms with van der Waals surface area (Å²) in [6, 6.07) is 9.07. The Labute approximate surface area is 98.8 Å². The van der Waals surface area contributed by atoms with Crippen LogP contribution in [-0.4, -0.2) is 22.8 Å². The van der Waals surface area contributed by atoms with E-state index in [9.17, 15) is 9.59 Å². The lowest BCUT2D eigenvalue weighted by Gasteiger charge is -2.19. The number of carbonyl (C=O) groups is 2. The summed E-state index contributed by atoms with van der Waals surface area (Å²) in [5.74, 6) is -0.232. The largest absolute Gasteiger partial charge is 0.274 e. The minimum Gasteiger partial charge on any atom is -0.274 e. The molecule has 1 fully saturated rings. The quantitative estimate of drug-likeness (QED) is 0.736. The van der Waals surface area contributed by atoms with Gasteiger partial charge < -0.3 is 0 Å². The Kier molecular flexibility index (Phi) is 2.76. The summed E-state index contributed by atoms with van der Waals surface area (Å²) in [4.78, 5) is 25.3. The predicted octanol–water partition coefficient (Wildman–Crippen LogP) is 2.07. The molecule has 0 N–H and O–H groups in total. The molecule has 1 heterocycles. The Morgan fingerprint density at radius 1 is 1.25 bits per heavy atom. The maximum atomic E-state index is 12.2. The number of rotatable bonds is 2. The van der Waals surface area contributed by atoms with Gasteiger partial charge in [0.2, 0.25) is 11.8 Å². The first-order chi connectivity index (χ1) is 7.58. The monoisotopic (exact) mass is 235 g/mol. The van der Waals surface area contributed by atoms with Gasteiger partial charge in [-0.2, -0.15) is 0 Å². The van der Waals surface area contributed by atoms with Gasteiger partial charge in [0.25, 0.3) is 0 Å². The van der Waals surface area contributed by atoms with Crippen LogP contribution in [0.3, 0.4) is 0 Å². The molecule has 0 radical (unpaired) electrons. The first-order valence-electron chi connectivity index (χ1n) is 5.06. The van der Waals surface area contributed by atoms with Crippen LogP contribution < -0.4 is 4.90 Å². The molecule has 0 spiro atoms. The van der Waals surface area contributed by atoms with Crippen LogP contribution >= 0.6 is 11.8 Å². The van der Waals surface area contributed by atoms with Crippen molar-refractivity contribution in [2.24, 2.45) is 0 Å². The highest BCUT2D eigenvalue weighted by Gasteiger charge is 2.48. The van der Waals surface area contributed by atoms with Gasteiger partial charge in [0, 0.05) is 0 Å². The second-order valence-corrected chi connectivity index (χ2v) is 5.29. The average molecular weight is 235 g/mol. The van der Waals surface area contributed by atoms with Crippen molar-refractivity contribution in [1.82, 2.24) is 0 Å². The van der Waals surface area contributed by atoms with Gasteiger partial charge in [0.05, 0.1) is 12.1 Å². The topological polar surface area (TPSA) is 37.4 Å². The smallest absolute Gasteiger partial charge is 0.250 e. The van der Waals surface area contributed by atoms with Crippen LogP contribution in [0.5, 0.6) is 0 Å². The summed E-state index contributed by atoms with van der Waals surface area (Å²) in [7, 11) is 0. The number of imide groups is 1. The number of hydrogen-bond donors (Lipinski definition) is 0. The fraction of sp³-hybridized carbons (Fsp3) is 0.333. The predicted molar refractivity (Wildman–Crippen MR) is 65.5 cm³/mol. The van der Waals surface area contributed by atoms with Gasteiger partial charge >= 0.3 is 0 Å². The van der Waals surface area contributed by atoms with E-state index < -0.39 is 4.75 Å². The Morgan fingerprint density at radius 3 is 2.38 bits per heavy atom. The molecule has 1 unspecified atom stereocenters. The molecule has 0 bridgehead atoms. The highest BCUT2D eigenvalue weighted by atomic mass is 32.2. The number of para-hydroxylation sites is 1. The lowest BCUT2D eigenvalue weighted by atomic mass is 10.1. The molecule has 0 aromatic heterocycles. The molecule has 1 aromatic carbocycles. The fourth-order valence-corrected chi connectivity index (χ4v) is 2.32. The molecule has 2 rings (SSSR count). The molecule has 1 atom stereocenters. The van der Waals surface area contributed by atoms with Gasteiger partial charge in [-0.15, -0.1) is 11.8 Å². The number of nitrogens with zero attached hydrogens (tertiary/aromatic N) is 1. The molecule has 84 valence electrons. The van der Waals surface area contributed by atoms with E-state index in [2.05, 4.69) is 0 Å². The minimum atomic E-state index is -0.604. The maximum absolute atomic E-state index is 12.2. The number of thioether (sulfide) groups is 1. The SMILES string of the molecule is CSC1(C)CC(=O)N(c2ccccc2)C1=O. The summed E-state index contributed by atoms with van der Waals surface area (Å²) in [5, 5.41) is 0. The third-order valence-corrected chi connectivity index (χ3v) is 4.08. The molecule has 3 nitrogen and oxygen atoms in total. The van der Waals surface area contributed by atoms with E-state index in [1.165, 1.54) is 16.7 Å². The number of hydrogen-bond acceptors (Lipinski definition) is 3. The summed E-state index contributed by atoms with van der Waals surface area (Å²) in [6.45, 7) is 1.82. The van der Waals surface area contributed by atoms with Gasteiger partial charge in [0.1, 0.15) is 4.75 Å². The van der Waals surface area contributed by atoms with Crippen molar-refractivity contribution in [1.29, 1.82) is 0 Å². The molecular weight excluding hydrogens is 222 g/mol. The molecule has 1 saturated heterocycles. The van der Waals surface area contributed by atoms with Crippen LogP contribution in [0.25, 0.3) is 0 Å². The van der Waals surface area contributed by atoms with E-state index in [1.807, 2.05) is 31.4 Å². The van der Waals surface area contributed by atoms with E-state index >= 15 is 0 Å². The third kappa shape index (κ3) is 1.63. The third-order valence-electron chi connectivity index (χ3n) is 2.86. The Hall–Kier alpha value is -1.29. The van der Waals surface area contributed by atoms with Crippen LogP contribution in [0.2, 0.25) is 0 Å². The van der Waals surface area contributed by atoms with Gasteiger partial charge in [-0.1, -0.05) is 18.2 Å². The van der Waals surface area contributed by atoms with Crippen molar-refractivity contribution in [3.8, 4) is 0 Å². The van der Waals surface area contributed by atoms with Gasteiger partial charge in [-0.25, -0.2) is 4.90 Å². The van der Waals surface area contributed by atoms with Gasteiger partial charge in [0.15, 0.2) is 0 Å². The fourth-order valence-electron chi connectivity index (χ4n) is 1.79. The molecule has 1 aliphatic heterocycles. The van der Waals surface area contributed by atoms with Crippen LogP contribution in [0.4, 0.5) is 5.69 Å². The highest BCUT2D eigenvalue weighted by molar-refractivity contribution is 8.00. The Bertz CT molecular complexity index is 432. The van der Waals surface area contributed by atoms with Crippen molar-refractivity contribution in [2.45, 2.75) is 18.1 Å². The standard InChI is InChI=1S/C12H13NO2S/c1-12(16-2)8-10(14)13(11(12)15)9-6-4-3-5-7-9/h3-7H,8H2,1-2H3. The number of carbonyl (C=O) groups excluding carboxylic acids is 2. The van der Waals surface area contributed by atoms with E-state index in [-0.39, 0.29) is 18.2 Å². The molecule has 16 heavy (non-hydrogen) atoms. The Balaban J connectivity index is 2.38. The van der Waals surface area contributed by atoms with E-state index in [0.29, 0.717) is 5.69 Å². The zero-order valence-electron chi connectivity index (χ0n) is 9.27. The maximum Gasteiger partial charge on any atom is 0.250 e. The summed E-state index contributed by atoms with van der Waals surface area (Å²) < 4.78 is -0.604. The highest BCUT2D eigenvalue weighted by Crippen LogP contribution is 2.37. The van der Waals surface area contributed by atoms with Crippen molar-refractivity contribution in [3.63, 3.8) is 0 Å². The molecule has 1 aromatic rings. The summed E-state index contributed by atoms with van der Waals surface area (Å²) in [6.07, 6.45) is 2.14. The van der Waals surface area contributed by atoms with Crippen LogP contribution in [-0.2, 0) is 9.59 Å². The average Bonchev–Trinajstić information content (AvgIpc) is 2.52. The summed E-state index contributed by atoms with van der Waals surface area (Å²) in [5.41, 5.74) is 0.662. The van der Waals surface area contributed by atoms with Crippen LogP contribution in [0.1, 0.15) is 13.3 Å². The molecule has 4 heteroatoms. The first-order valence-corrected chi connectivity index (χ1v) is 6.28. The minimum absolute atomic E-state index is 0.115. The number of anilines is 1. The van der Waals surface area contributed by atoms with Crippen molar-refractivity contribution >= 4 is 29.3 Å². The normalized spacial score (nSPS) is 25.2. The lowest BCUT2D eigenvalue weighted by molar-refractivity contribution is -0.121. The number of amides is 2. The van der Waals surface area contributed by atoms with Crippen molar-refractivity contribution in [3.05, 3.63) is 30.3 Å². The molecular formula is C12H13NO2S. The molecule has 2 amide bonds. The zero-order valence-corrected chi connectivity index (χ0v) is 10.1. The zero-order chi connectivity index (χ0) is 11.8. The first kappa shape index (κ1) is 11.2. The molecule has 1 aliphatic rings. The van der Waals surface area contributed by atoms with Crippen molar-refractivity contribution in [2.75, 3.05) is 11.2 Å². The van der Waals surface area contributed by atoms with E-state index in [4.69, 9.17) is 0 Å². The summed E-state index contributed by atoms with van der Waals surface area (Å²) >= 11 is 1.43. The Morgan fingerprint density at radius 2 is 1.88 bits per heavy atom. The van der Waals surface area contributed by atoms with Crippen molar-refractivity contribution < 1.29 is 9.59 Å². The van der Waals surface area contributed by atoms with Gasteiger partial charge in [-0.3, -0.25) is 9.59 Å². The molecule has 0 saturated carbocycles. The second kappa shape index (κ2) is 3.94. The second-order valence-electron chi connectivity index (χ2n) is 3.98.